The van der Waals surface area contributed by atoms with Gasteiger partial charge in [-0.1, -0.05) is 54.2 Å². The van der Waals surface area contributed by atoms with E-state index < -0.39 is 0 Å². The van der Waals surface area contributed by atoms with Crippen molar-refractivity contribution in [3.8, 4) is 11.5 Å². The summed E-state index contributed by atoms with van der Waals surface area (Å²) >= 11 is 3.80. The van der Waals surface area contributed by atoms with Crippen molar-refractivity contribution < 1.29 is 19.0 Å². The maximum atomic E-state index is 13.0. The second-order valence-corrected chi connectivity index (χ2v) is 10.3. The van der Waals surface area contributed by atoms with Crippen molar-refractivity contribution in [1.82, 2.24) is 4.90 Å². The number of fused-ring (bicyclic) bond motifs is 2. The number of benzene rings is 3. The molecule has 0 unspecified atom stereocenters. The van der Waals surface area contributed by atoms with Gasteiger partial charge >= 0.3 is 5.97 Å². The van der Waals surface area contributed by atoms with Crippen molar-refractivity contribution in [2.75, 3.05) is 13.7 Å². The normalized spacial score (nSPS) is 16.7. The largest absolute Gasteiger partial charge is 0.493 e. The molecule has 1 atom stereocenters. The van der Waals surface area contributed by atoms with Crippen LogP contribution in [0.2, 0.25) is 0 Å². The highest BCUT2D eigenvalue weighted by molar-refractivity contribution is 14.1. The molecule has 0 amide bonds. The van der Waals surface area contributed by atoms with Crippen LogP contribution in [0.4, 0.5) is 0 Å². The number of nitrogens with zero attached hydrogens (tertiary/aromatic N) is 2. The molecule has 0 bridgehead atoms. The van der Waals surface area contributed by atoms with Crippen LogP contribution in [0.25, 0.3) is 10.8 Å². The third-order valence-electron chi connectivity index (χ3n) is 6.14. The summed E-state index contributed by atoms with van der Waals surface area (Å²) in [6.45, 7) is 4.36. The fourth-order valence-corrected chi connectivity index (χ4v) is 6.08. The van der Waals surface area contributed by atoms with Gasteiger partial charge in [-0.2, -0.15) is 0 Å². The number of hydrogen-bond donors (Lipinski definition) is 0. The molecule has 2 aliphatic rings. The lowest BCUT2D eigenvalue weighted by Crippen LogP contribution is -2.34. The van der Waals surface area contributed by atoms with Gasteiger partial charge in [-0.3, -0.25) is 0 Å². The molecule has 3 aromatic rings. The van der Waals surface area contributed by atoms with E-state index in [4.69, 9.17) is 14.2 Å². The van der Waals surface area contributed by atoms with Crippen LogP contribution in [-0.4, -0.2) is 29.8 Å². The van der Waals surface area contributed by atoms with Gasteiger partial charge in [0, 0.05) is 6.20 Å². The van der Waals surface area contributed by atoms with E-state index in [0.717, 1.165) is 25.3 Å². The quantitative estimate of drug-likeness (QED) is 0.216. The van der Waals surface area contributed by atoms with E-state index >= 15 is 0 Å². The first-order valence-corrected chi connectivity index (χ1v) is 13.5. The molecule has 0 fully saturated rings. The summed E-state index contributed by atoms with van der Waals surface area (Å²) < 4.78 is 18.4. The minimum atomic E-state index is -0.377. The fourth-order valence-electron chi connectivity index (χ4n) is 4.50. The van der Waals surface area contributed by atoms with Crippen LogP contribution in [0.15, 0.2) is 82.5 Å². The van der Waals surface area contributed by atoms with Crippen molar-refractivity contribution in [3.63, 3.8) is 0 Å². The van der Waals surface area contributed by atoms with Crippen LogP contribution in [-0.2, 0) is 16.1 Å². The molecule has 36 heavy (non-hydrogen) atoms. The Balaban J connectivity index is 1.51. The Morgan fingerprint density at radius 3 is 2.78 bits per heavy atom. The van der Waals surface area contributed by atoms with E-state index in [-0.39, 0.29) is 12.0 Å². The zero-order valence-electron chi connectivity index (χ0n) is 20.2. The Hall–Kier alpha value is -2.98. The predicted molar refractivity (Wildman–Crippen MR) is 152 cm³/mol. The molecule has 184 valence electrons. The number of methoxy groups -OCH3 is 1. The van der Waals surface area contributed by atoms with Gasteiger partial charge in [0.25, 0.3) is 0 Å². The van der Waals surface area contributed by atoms with Gasteiger partial charge in [0.2, 0.25) is 0 Å². The Morgan fingerprint density at radius 2 is 1.97 bits per heavy atom. The van der Waals surface area contributed by atoms with Crippen molar-refractivity contribution in [2.45, 2.75) is 26.5 Å². The number of ether oxygens (including phenoxy) is 3. The Morgan fingerprint density at radius 1 is 1.17 bits per heavy atom. The Bertz CT molecular complexity index is 1430. The molecule has 0 saturated carbocycles. The van der Waals surface area contributed by atoms with Crippen LogP contribution in [0.3, 0.4) is 0 Å². The summed E-state index contributed by atoms with van der Waals surface area (Å²) in [6.07, 6.45) is 1.95. The summed E-state index contributed by atoms with van der Waals surface area (Å²) in [4.78, 5) is 19.6. The molecule has 6 nitrogen and oxygen atoms in total. The van der Waals surface area contributed by atoms with E-state index in [1.165, 1.54) is 17.1 Å². The highest BCUT2D eigenvalue weighted by Gasteiger charge is 2.38. The summed E-state index contributed by atoms with van der Waals surface area (Å²) in [6, 6.07) is 18.1. The van der Waals surface area contributed by atoms with Crippen LogP contribution >= 0.6 is 34.4 Å². The number of esters is 1. The number of hydrogen-bond acceptors (Lipinski definition) is 7. The Kier molecular flexibility index (Phi) is 7.25. The summed E-state index contributed by atoms with van der Waals surface area (Å²) in [5, 5.41) is 5.14. The van der Waals surface area contributed by atoms with Gasteiger partial charge in [0.1, 0.15) is 6.61 Å². The first-order chi connectivity index (χ1) is 17.5. The van der Waals surface area contributed by atoms with Gasteiger partial charge in [0.05, 0.1) is 34.6 Å². The van der Waals surface area contributed by atoms with Gasteiger partial charge in [-0.05, 0) is 75.9 Å². The van der Waals surface area contributed by atoms with Crippen molar-refractivity contribution in [2.24, 2.45) is 4.99 Å². The van der Waals surface area contributed by atoms with E-state index in [1.54, 1.807) is 14.0 Å². The number of carbonyl (C=O) groups excluding carboxylic acids is 1. The van der Waals surface area contributed by atoms with Gasteiger partial charge in [-0.15, -0.1) is 0 Å². The SMILES string of the molecule is CCOC(=O)C1=C(C)N=C2SC=CN2[C@H]1c1cc(I)c(OCc2cccc3ccccc23)c(OC)c1. The molecular formula is C28H25IN2O4S. The lowest BCUT2D eigenvalue weighted by molar-refractivity contribution is -0.139. The maximum absolute atomic E-state index is 13.0. The molecule has 0 spiro atoms. The molecular weight excluding hydrogens is 587 g/mol. The van der Waals surface area contributed by atoms with E-state index in [2.05, 4.69) is 51.8 Å². The lowest BCUT2D eigenvalue weighted by atomic mass is 9.94. The fraction of sp³-hybridized carbons (Fsp3) is 0.214. The van der Waals surface area contributed by atoms with Gasteiger partial charge in [0.15, 0.2) is 16.7 Å². The summed E-state index contributed by atoms with van der Waals surface area (Å²) in [7, 11) is 1.63. The minimum Gasteiger partial charge on any atom is -0.493 e. The second-order valence-electron chi connectivity index (χ2n) is 8.29. The number of carbonyl (C=O) groups is 1. The predicted octanol–water partition coefficient (Wildman–Crippen LogP) is 6.80. The molecule has 8 heteroatoms. The molecule has 0 radical (unpaired) electrons. The van der Waals surface area contributed by atoms with E-state index in [9.17, 15) is 4.79 Å². The average Bonchev–Trinajstić information content (AvgIpc) is 3.34. The number of rotatable bonds is 7. The molecule has 2 aliphatic heterocycles. The zero-order chi connectivity index (χ0) is 25.2. The van der Waals surface area contributed by atoms with Crippen LogP contribution in [0.5, 0.6) is 11.5 Å². The number of thioether (sulfide) groups is 1. The smallest absolute Gasteiger partial charge is 0.338 e. The van der Waals surface area contributed by atoms with E-state index in [1.807, 2.05) is 53.8 Å². The van der Waals surface area contributed by atoms with Crippen LogP contribution < -0.4 is 9.47 Å². The molecule has 0 aliphatic carbocycles. The summed E-state index contributed by atoms with van der Waals surface area (Å²) in [5.74, 6) is 0.917. The van der Waals surface area contributed by atoms with Crippen LogP contribution in [0.1, 0.15) is 31.0 Å². The number of allylic oxidation sites excluding steroid dienone is 1. The minimum absolute atomic E-state index is 0.297. The van der Waals surface area contributed by atoms with Crippen LogP contribution in [0, 0.1) is 3.57 Å². The Labute approximate surface area is 228 Å². The molecule has 0 saturated heterocycles. The van der Waals surface area contributed by atoms with Crippen molar-refractivity contribution >= 4 is 56.3 Å². The highest BCUT2D eigenvalue weighted by atomic mass is 127. The second kappa shape index (κ2) is 10.6. The first-order valence-electron chi connectivity index (χ1n) is 11.6. The molecule has 0 aromatic heterocycles. The van der Waals surface area contributed by atoms with Crippen molar-refractivity contribution in [1.29, 1.82) is 0 Å². The van der Waals surface area contributed by atoms with Gasteiger partial charge in [-0.25, -0.2) is 9.79 Å². The summed E-state index contributed by atoms with van der Waals surface area (Å²) in [5.41, 5.74) is 3.18. The lowest BCUT2D eigenvalue weighted by Gasteiger charge is -2.33. The highest BCUT2D eigenvalue weighted by Crippen LogP contribution is 2.44. The molecule has 5 rings (SSSR count). The third kappa shape index (κ3) is 4.59. The molecule has 2 heterocycles. The van der Waals surface area contributed by atoms with Crippen molar-refractivity contribution in [3.05, 3.63) is 92.2 Å². The molecule has 3 aromatic carbocycles. The van der Waals surface area contributed by atoms with Gasteiger partial charge < -0.3 is 19.1 Å². The third-order valence-corrected chi connectivity index (χ3v) is 7.71. The zero-order valence-corrected chi connectivity index (χ0v) is 23.1. The number of halogens is 1. The standard InChI is InChI=1S/C28H25IN2O4S/c1-4-34-27(32)24-17(2)30-28-31(12-13-36-28)25(24)20-14-22(29)26(23(15-20)33-3)35-16-19-10-7-9-18-8-5-6-11-21(18)19/h5-15,25H,4,16H2,1-3H3/t25-/m0/s1. The average molecular weight is 612 g/mol. The molecule has 0 N–H and O–H groups in total. The first kappa shape index (κ1) is 24.7. The number of amidine groups is 1. The number of aliphatic imine (C=N–C) groups is 1. The van der Waals surface area contributed by atoms with E-state index in [0.29, 0.717) is 36.0 Å². The maximum Gasteiger partial charge on any atom is 0.338 e. The monoisotopic (exact) mass is 612 g/mol. The topological polar surface area (TPSA) is 60.4 Å².